The van der Waals surface area contributed by atoms with Crippen LogP contribution in [-0.4, -0.2) is 44.0 Å². The van der Waals surface area contributed by atoms with Crippen LogP contribution in [0.15, 0.2) is 47.5 Å². The number of nitrogens with zero attached hydrogens (tertiary/aromatic N) is 4. The lowest BCUT2D eigenvalue weighted by Crippen LogP contribution is -2.15. The maximum atomic E-state index is 12.4. The van der Waals surface area contributed by atoms with Gasteiger partial charge in [0.05, 0.1) is 29.5 Å². The molecule has 0 aliphatic rings. The molecule has 2 heterocycles. The van der Waals surface area contributed by atoms with Gasteiger partial charge in [-0.15, -0.1) is 28.1 Å². The second-order valence-corrected chi connectivity index (χ2v) is 8.69. The molecule has 0 spiro atoms. The lowest BCUT2D eigenvalue weighted by molar-refractivity contribution is -0.142. The number of para-hydroxylation sites is 1. The predicted molar refractivity (Wildman–Crippen MR) is 128 cm³/mol. The number of hydrogen-bond donors (Lipinski definition) is 1. The van der Waals surface area contributed by atoms with E-state index in [0.717, 1.165) is 0 Å². The van der Waals surface area contributed by atoms with Gasteiger partial charge < -0.3 is 14.8 Å². The summed E-state index contributed by atoms with van der Waals surface area (Å²) in [5.41, 5.74) is 0.551. The first-order valence-corrected chi connectivity index (χ1v) is 12.2. The summed E-state index contributed by atoms with van der Waals surface area (Å²) in [6.45, 7) is 6.45. The average molecular weight is 508 g/mol. The van der Waals surface area contributed by atoms with Gasteiger partial charge in [-0.25, -0.2) is 4.98 Å². The Morgan fingerprint density at radius 3 is 2.91 bits per heavy atom. The quantitative estimate of drug-likeness (QED) is 0.223. The van der Waals surface area contributed by atoms with E-state index in [-0.39, 0.29) is 30.7 Å². The summed E-state index contributed by atoms with van der Waals surface area (Å²) < 4.78 is 12.5. The predicted octanol–water partition coefficient (Wildman–Crippen LogP) is 3.99. The number of esters is 1. The maximum absolute atomic E-state index is 12.4. The Labute approximate surface area is 204 Å². The number of carbonyl (C=O) groups is 2. The first-order chi connectivity index (χ1) is 16.0. The molecule has 0 saturated carbocycles. The van der Waals surface area contributed by atoms with Crippen LogP contribution in [0.4, 0.5) is 5.13 Å². The Morgan fingerprint density at radius 2 is 2.15 bits per heavy atom. The third-order valence-corrected chi connectivity index (χ3v) is 6.15. The molecule has 0 saturated heterocycles. The van der Waals surface area contributed by atoms with Crippen molar-refractivity contribution < 1.29 is 19.1 Å². The molecule has 0 aliphatic heterocycles. The number of carbonyl (C=O) groups excluding carboxylic acids is 2. The minimum Gasteiger partial charge on any atom is -0.484 e. The second kappa shape index (κ2) is 12.4. The van der Waals surface area contributed by atoms with Crippen LogP contribution in [0, 0.1) is 0 Å². The standard InChI is InChI=1S/C21H22ClN5O4S2/c1-3-9-27-17(11-31-16-8-6-5-7-15(16)22)25-26-21(27)33-13-18(28)24-20-23-14(12-32-20)10-19(29)30-4-2/h3,5-8,12H,1,4,9-11,13H2,2H3,(H,23,24,28). The summed E-state index contributed by atoms with van der Waals surface area (Å²) in [6.07, 6.45) is 1.78. The van der Waals surface area contributed by atoms with Gasteiger partial charge in [-0.3, -0.25) is 14.2 Å². The third kappa shape index (κ3) is 7.31. The fourth-order valence-corrected chi connectivity index (χ4v) is 4.32. The van der Waals surface area contributed by atoms with Crippen molar-refractivity contribution in [3.63, 3.8) is 0 Å². The number of rotatable bonds is 12. The smallest absolute Gasteiger partial charge is 0.311 e. The molecule has 0 unspecified atom stereocenters. The number of thioether (sulfide) groups is 1. The van der Waals surface area contributed by atoms with E-state index in [4.69, 9.17) is 21.1 Å². The Hall–Kier alpha value is -2.89. The van der Waals surface area contributed by atoms with Gasteiger partial charge in [-0.05, 0) is 19.1 Å². The van der Waals surface area contributed by atoms with Crippen molar-refractivity contribution in [3.05, 3.63) is 58.8 Å². The molecule has 1 aromatic carbocycles. The fourth-order valence-electron chi connectivity index (χ4n) is 2.64. The van der Waals surface area contributed by atoms with Crippen molar-refractivity contribution in [2.75, 3.05) is 17.7 Å². The Morgan fingerprint density at radius 1 is 1.33 bits per heavy atom. The summed E-state index contributed by atoms with van der Waals surface area (Å²) in [4.78, 5) is 28.2. The molecule has 9 nitrogen and oxygen atoms in total. The van der Waals surface area contributed by atoms with Gasteiger partial charge >= 0.3 is 5.97 Å². The second-order valence-electron chi connectivity index (χ2n) is 6.48. The molecule has 3 aromatic rings. The molecular formula is C21H22ClN5O4S2. The minimum atomic E-state index is -0.355. The number of halogens is 1. The number of aromatic nitrogens is 4. The van der Waals surface area contributed by atoms with E-state index < -0.39 is 0 Å². The molecule has 1 amide bonds. The monoisotopic (exact) mass is 507 g/mol. The summed E-state index contributed by atoms with van der Waals surface area (Å²) >= 11 is 8.61. The molecule has 174 valence electrons. The normalized spacial score (nSPS) is 10.6. The van der Waals surface area contributed by atoms with E-state index in [1.165, 1.54) is 23.1 Å². The van der Waals surface area contributed by atoms with E-state index in [0.29, 0.717) is 45.7 Å². The highest BCUT2D eigenvalue weighted by Crippen LogP contribution is 2.25. The van der Waals surface area contributed by atoms with E-state index >= 15 is 0 Å². The highest BCUT2D eigenvalue weighted by Gasteiger charge is 2.16. The number of anilines is 1. The van der Waals surface area contributed by atoms with E-state index in [2.05, 4.69) is 27.1 Å². The number of hydrogen-bond acceptors (Lipinski definition) is 9. The SMILES string of the molecule is C=CCn1c(COc2ccccc2Cl)nnc1SCC(=O)Nc1nc(CC(=O)OCC)cs1. The maximum Gasteiger partial charge on any atom is 0.311 e. The number of benzene rings is 1. The van der Waals surface area contributed by atoms with E-state index in [9.17, 15) is 9.59 Å². The summed E-state index contributed by atoms with van der Waals surface area (Å²) in [5, 5.41) is 14.3. The first kappa shape index (κ1) is 24.7. The Kier molecular flexibility index (Phi) is 9.28. The van der Waals surface area contributed by atoms with Crippen molar-refractivity contribution in [2.45, 2.75) is 31.7 Å². The lowest BCUT2D eigenvalue weighted by Gasteiger charge is -2.10. The zero-order valence-corrected chi connectivity index (χ0v) is 20.2. The first-order valence-electron chi connectivity index (χ1n) is 9.93. The van der Waals surface area contributed by atoms with Crippen LogP contribution < -0.4 is 10.1 Å². The zero-order chi connectivity index (χ0) is 23.6. The molecule has 12 heteroatoms. The molecule has 1 N–H and O–H groups in total. The highest BCUT2D eigenvalue weighted by molar-refractivity contribution is 7.99. The molecule has 0 aliphatic carbocycles. The topological polar surface area (TPSA) is 108 Å². The largest absolute Gasteiger partial charge is 0.484 e. The molecule has 3 rings (SSSR count). The molecule has 0 bridgehead atoms. The van der Waals surface area contributed by atoms with E-state index in [1.807, 2.05) is 16.7 Å². The zero-order valence-electron chi connectivity index (χ0n) is 17.8. The number of allylic oxidation sites excluding steroid dienone is 1. The van der Waals surface area contributed by atoms with Crippen molar-refractivity contribution in [2.24, 2.45) is 0 Å². The van der Waals surface area contributed by atoms with Gasteiger partial charge in [0.15, 0.2) is 16.1 Å². The van der Waals surface area contributed by atoms with Crippen LogP contribution in [0.5, 0.6) is 5.75 Å². The van der Waals surface area contributed by atoms with Gasteiger partial charge in [-0.1, -0.05) is 41.6 Å². The van der Waals surface area contributed by atoms with Crippen LogP contribution in [0.2, 0.25) is 5.02 Å². The van der Waals surface area contributed by atoms with Crippen LogP contribution >= 0.6 is 34.7 Å². The molecule has 0 atom stereocenters. The molecule has 2 aromatic heterocycles. The van der Waals surface area contributed by atoms with Crippen LogP contribution in [-0.2, 0) is 33.9 Å². The Bertz CT molecular complexity index is 1120. The fraction of sp³-hybridized carbons (Fsp3) is 0.286. The van der Waals surface area contributed by atoms with Crippen molar-refractivity contribution in [3.8, 4) is 5.75 Å². The van der Waals surface area contributed by atoms with Crippen molar-refractivity contribution >= 4 is 51.7 Å². The number of nitrogens with one attached hydrogen (secondary N) is 1. The minimum absolute atomic E-state index is 0.0681. The average Bonchev–Trinajstić information content (AvgIpc) is 3.38. The summed E-state index contributed by atoms with van der Waals surface area (Å²) in [6, 6.07) is 7.17. The van der Waals surface area contributed by atoms with Crippen LogP contribution in [0.3, 0.4) is 0 Å². The van der Waals surface area contributed by atoms with Crippen molar-refractivity contribution in [1.29, 1.82) is 0 Å². The van der Waals surface area contributed by atoms with Gasteiger partial charge in [0.25, 0.3) is 0 Å². The molecule has 33 heavy (non-hydrogen) atoms. The molecule has 0 radical (unpaired) electrons. The highest BCUT2D eigenvalue weighted by atomic mass is 35.5. The Balaban J connectivity index is 1.55. The number of ether oxygens (including phenoxy) is 2. The lowest BCUT2D eigenvalue weighted by atomic mass is 10.3. The number of thiazole rings is 1. The van der Waals surface area contributed by atoms with Gasteiger partial charge in [0.2, 0.25) is 5.91 Å². The van der Waals surface area contributed by atoms with Crippen LogP contribution in [0.1, 0.15) is 18.4 Å². The summed E-state index contributed by atoms with van der Waals surface area (Å²) in [7, 11) is 0. The van der Waals surface area contributed by atoms with Gasteiger partial charge in [0, 0.05) is 11.9 Å². The van der Waals surface area contributed by atoms with Gasteiger partial charge in [-0.2, -0.15) is 0 Å². The molecule has 0 fully saturated rings. The van der Waals surface area contributed by atoms with Crippen LogP contribution in [0.25, 0.3) is 0 Å². The summed E-state index contributed by atoms with van der Waals surface area (Å²) in [5.74, 6) is 0.632. The van der Waals surface area contributed by atoms with E-state index in [1.54, 1.807) is 30.5 Å². The van der Waals surface area contributed by atoms with Crippen molar-refractivity contribution in [1.82, 2.24) is 19.7 Å². The third-order valence-electron chi connectivity index (χ3n) is 4.06. The number of amides is 1. The molecular weight excluding hydrogens is 486 g/mol. The van der Waals surface area contributed by atoms with Gasteiger partial charge in [0.1, 0.15) is 12.4 Å².